The molecule has 2 fully saturated rings. The van der Waals surface area contributed by atoms with Crippen LogP contribution in [0.5, 0.6) is 0 Å². The molecule has 4 heteroatoms. The minimum Gasteiger partial charge on any atom is -0.381 e. The topological polar surface area (TPSA) is 43.5 Å². The van der Waals surface area contributed by atoms with Crippen molar-refractivity contribution >= 4 is 0 Å². The summed E-state index contributed by atoms with van der Waals surface area (Å²) in [6, 6.07) is 0. The summed E-state index contributed by atoms with van der Waals surface area (Å²) in [7, 11) is 0. The molecule has 2 aliphatic rings. The highest BCUT2D eigenvalue weighted by atomic mass is 16.6. The first-order chi connectivity index (χ1) is 9.16. The molecule has 0 bridgehead atoms. The smallest absolute Gasteiger partial charge is 0.0810 e. The summed E-state index contributed by atoms with van der Waals surface area (Å²) in [6.45, 7) is 9.50. The second-order valence-electron chi connectivity index (χ2n) is 6.46. The summed E-state index contributed by atoms with van der Waals surface area (Å²) in [5, 5.41) is 0. The molecule has 2 heterocycles. The largest absolute Gasteiger partial charge is 0.381 e. The summed E-state index contributed by atoms with van der Waals surface area (Å²) in [4.78, 5) is 0. The second-order valence-corrected chi connectivity index (χ2v) is 6.46. The molecular weight excluding hydrogens is 244 g/mol. The number of hydrogen-bond donors (Lipinski definition) is 0. The Hall–Kier alpha value is -0.160. The van der Waals surface area contributed by atoms with E-state index in [2.05, 4.69) is 13.8 Å². The van der Waals surface area contributed by atoms with E-state index in [9.17, 15) is 0 Å². The van der Waals surface area contributed by atoms with Crippen LogP contribution in [0.1, 0.15) is 39.5 Å². The molecule has 2 atom stereocenters. The van der Waals surface area contributed by atoms with E-state index in [0.717, 1.165) is 65.3 Å². The van der Waals surface area contributed by atoms with Gasteiger partial charge in [0.2, 0.25) is 0 Å². The fraction of sp³-hybridized carbons (Fsp3) is 1.00. The molecule has 0 spiro atoms. The van der Waals surface area contributed by atoms with E-state index in [1.54, 1.807) is 0 Å². The van der Waals surface area contributed by atoms with Gasteiger partial charge in [-0.25, -0.2) is 0 Å². The Kier molecular flexibility index (Phi) is 6.07. The van der Waals surface area contributed by atoms with Gasteiger partial charge in [0.15, 0.2) is 0 Å². The monoisotopic (exact) mass is 272 g/mol. The highest BCUT2D eigenvalue weighted by molar-refractivity contribution is 4.70. The molecule has 0 aliphatic carbocycles. The van der Waals surface area contributed by atoms with Crippen LogP contribution in [0.15, 0.2) is 0 Å². The molecule has 2 rings (SSSR count). The lowest BCUT2D eigenvalue weighted by Gasteiger charge is -2.24. The second kappa shape index (κ2) is 7.58. The molecule has 0 amide bonds. The molecular formula is C15H28O4. The van der Waals surface area contributed by atoms with Crippen molar-refractivity contribution in [3.63, 3.8) is 0 Å². The summed E-state index contributed by atoms with van der Waals surface area (Å²) in [6.07, 6.45) is 5.53. The molecule has 112 valence electrons. The van der Waals surface area contributed by atoms with Crippen LogP contribution in [-0.4, -0.2) is 51.8 Å². The predicted molar refractivity (Wildman–Crippen MR) is 73.4 cm³/mol. The Morgan fingerprint density at radius 3 is 1.68 bits per heavy atom. The molecule has 2 saturated heterocycles. The zero-order valence-corrected chi connectivity index (χ0v) is 12.4. The van der Waals surface area contributed by atoms with Gasteiger partial charge in [-0.3, -0.25) is 0 Å². The van der Waals surface area contributed by atoms with Gasteiger partial charge in [-0.1, -0.05) is 13.8 Å². The van der Waals surface area contributed by atoms with E-state index in [4.69, 9.17) is 18.9 Å². The van der Waals surface area contributed by atoms with Crippen LogP contribution < -0.4 is 0 Å². The lowest BCUT2D eigenvalue weighted by Crippen LogP contribution is -2.26. The first-order valence-electron chi connectivity index (χ1n) is 7.54. The normalized spacial score (nSPS) is 25.6. The van der Waals surface area contributed by atoms with Crippen molar-refractivity contribution in [2.24, 2.45) is 5.41 Å². The van der Waals surface area contributed by atoms with Gasteiger partial charge < -0.3 is 18.9 Å². The van der Waals surface area contributed by atoms with E-state index in [1.165, 1.54) is 0 Å². The Labute approximate surface area is 116 Å². The van der Waals surface area contributed by atoms with Crippen molar-refractivity contribution in [3.8, 4) is 0 Å². The average Bonchev–Trinajstić information content (AvgIpc) is 3.23. The van der Waals surface area contributed by atoms with Crippen LogP contribution in [0.25, 0.3) is 0 Å². The number of rotatable bonds is 12. The van der Waals surface area contributed by atoms with E-state index in [1.807, 2.05) is 0 Å². The van der Waals surface area contributed by atoms with E-state index in [-0.39, 0.29) is 5.41 Å². The summed E-state index contributed by atoms with van der Waals surface area (Å²) < 4.78 is 21.8. The third-order valence-electron chi connectivity index (χ3n) is 3.42. The Bertz CT molecular complexity index is 223. The first-order valence-corrected chi connectivity index (χ1v) is 7.54. The van der Waals surface area contributed by atoms with Crippen LogP contribution in [-0.2, 0) is 18.9 Å². The van der Waals surface area contributed by atoms with Crippen LogP contribution in [0.4, 0.5) is 0 Å². The number of hydrogen-bond acceptors (Lipinski definition) is 4. The summed E-state index contributed by atoms with van der Waals surface area (Å²) in [5.74, 6) is 0. The van der Waals surface area contributed by atoms with Gasteiger partial charge in [0.1, 0.15) is 0 Å². The van der Waals surface area contributed by atoms with Gasteiger partial charge in [0, 0.05) is 18.6 Å². The molecule has 4 nitrogen and oxygen atoms in total. The zero-order valence-electron chi connectivity index (χ0n) is 12.4. The fourth-order valence-corrected chi connectivity index (χ4v) is 2.03. The molecule has 0 radical (unpaired) electrons. The van der Waals surface area contributed by atoms with Crippen LogP contribution in [0.2, 0.25) is 0 Å². The number of ether oxygens (including phenoxy) is 4. The van der Waals surface area contributed by atoms with Crippen LogP contribution in [0, 0.1) is 5.41 Å². The van der Waals surface area contributed by atoms with Gasteiger partial charge in [-0.2, -0.15) is 0 Å². The maximum atomic E-state index is 5.73. The molecule has 0 aromatic carbocycles. The van der Waals surface area contributed by atoms with Gasteiger partial charge in [0.05, 0.1) is 38.6 Å². The van der Waals surface area contributed by atoms with E-state index < -0.39 is 0 Å². The average molecular weight is 272 g/mol. The Balaban J connectivity index is 1.38. The van der Waals surface area contributed by atoms with Gasteiger partial charge in [0.25, 0.3) is 0 Å². The lowest BCUT2D eigenvalue weighted by atomic mass is 9.96. The first kappa shape index (κ1) is 15.2. The van der Waals surface area contributed by atoms with E-state index >= 15 is 0 Å². The fourth-order valence-electron chi connectivity index (χ4n) is 2.03. The zero-order chi connectivity index (χ0) is 13.6. The number of epoxide rings is 2. The van der Waals surface area contributed by atoms with Gasteiger partial charge in [-0.05, 0) is 25.7 Å². The Morgan fingerprint density at radius 2 is 1.32 bits per heavy atom. The van der Waals surface area contributed by atoms with Crippen molar-refractivity contribution in [2.75, 3.05) is 39.6 Å². The van der Waals surface area contributed by atoms with Crippen LogP contribution >= 0.6 is 0 Å². The van der Waals surface area contributed by atoms with Crippen molar-refractivity contribution in [3.05, 3.63) is 0 Å². The minimum absolute atomic E-state index is 0.103. The third kappa shape index (κ3) is 7.88. The SMILES string of the molecule is CC(C)(COCCCC1CO1)COCCCC1CO1. The molecule has 0 N–H and O–H groups in total. The molecule has 0 aromatic rings. The molecule has 19 heavy (non-hydrogen) atoms. The van der Waals surface area contributed by atoms with Gasteiger partial charge in [-0.15, -0.1) is 0 Å². The maximum absolute atomic E-state index is 5.73. The van der Waals surface area contributed by atoms with Crippen molar-refractivity contribution in [2.45, 2.75) is 51.7 Å². The molecule has 0 saturated carbocycles. The van der Waals surface area contributed by atoms with Crippen molar-refractivity contribution < 1.29 is 18.9 Å². The molecule has 2 aliphatic heterocycles. The van der Waals surface area contributed by atoms with Gasteiger partial charge >= 0.3 is 0 Å². The quantitative estimate of drug-likeness (QED) is 0.404. The van der Waals surface area contributed by atoms with Crippen molar-refractivity contribution in [1.29, 1.82) is 0 Å². The molecule has 0 aromatic heterocycles. The lowest BCUT2D eigenvalue weighted by molar-refractivity contribution is -0.00545. The highest BCUT2D eigenvalue weighted by Gasteiger charge is 2.23. The minimum atomic E-state index is 0.103. The Morgan fingerprint density at radius 1 is 0.895 bits per heavy atom. The summed E-state index contributed by atoms with van der Waals surface area (Å²) >= 11 is 0. The van der Waals surface area contributed by atoms with Crippen LogP contribution in [0.3, 0.4) is 0 Å². The standard InChI is InChI=1S/C15H28O4/c1-15(2,11-16-7-3-5-13-9-18-13)12-17-8-4-6-14-10-19-14/h13-14H,3-12H2,1-2H3. The summed E-state index contributed by atoms with van der Waals surface area (Å²) in [5.41, 5.74) is 0.103. The van der Waals surface area contributed by atoms with E-state index in [0.29, 0.717) is 12.2 Å². The third-order valence-corrected chi connectivity index (χ3v) is 3.42. The molecule has 2 unspecified atom stereocenters. The van der Waals surface area contributed by atoms with Crippen molar-refractivity contribution in [1.82, 2.24) is 0 Å². The highest BCUT2D eigenvalue weighted by Crippen LogP contribution is 2.19. The predicted octanol–water partition coefficient (Wildman–Crippen LogP) is 2.40. The maximum Gasteiger partial charge on any atom is 0.0810 e.